The van der Waals surface area contributed by atoms with Gasteiger partial charge in [0.2, 0.25) is 0 Å². The summed E-state index contributed by atoms with van der Waals surface area (Å²) in [5, 5.41) is 7.63. The third kappa shape index (κ3) is 7.18. The zero-order chi connectivity index (χ0) is 26.0. The molecule has 2 heterocycles. The van der Waals surface area contributed by atoms with Gasteiger partial charge in [0.25, 0.3) is 0 Å². The normalized spacial score (nSPS) is 16.7. The van der Waals surface area contributed by atoms with Crippen molar-refractivity contribution in [1.82, 2.24) is 20.6 Å². The zero-order valence-electron chi connectivity index (χ0n) is 21.3. The Morgan fingerprint density at radius 2 is 1.84 bits per heavy atom. The summed E-state index contributed by atoms with van der Waals surface area (Å²) in [6, 6.07) is 21.6. The average Bonchev–Trinajstić information content (AvgIpc) is 3.41. The lowest BCUT2D eigenvalue weighted by atomic mass is 10.0. The molecule has 37 heavy (non-hydrogen) atoms. The van der Waals surface area contributed by atoms with Crippen LogP contribution in [0.4, 0.5) is 4.39 Å². The Morgan fingerprint density at radius 3 is 2.51 bits per heavy atom. The Kier molecular flexibility index (Phi) is 9.29. The number of aldehydes is 1. The molecule has 192 valence electrons. The molecule has 0 radical (unpaired) electrons. The van der Waals surface area contributed by atoms with E-state index in [1.807, 2.05) is 68.6 Å². The van der Waals surface area contributed by atoms with Crippen molar-refractivity contribution in [2.75, 3.05) is 13.7 Å². The summed E-state index contributed by atoms with van der Waals surface area (Å²) in [6.45, 7) is 3.32. The molecule has 1 fully saturated rings. The first-order valence-corrected chi connectivity index (χ1v) is 12.7. The van der Waals surface area contributed by atoms with Crippen LogP contribution >= 0.6 is 0 Å². The molecule has 2 aromatic heterocycles. The zero-order valence-corrected chi connectivity index (χ0v) is 21.3. The Morgan fingerprint density at radius 1 is 1.05 bits per heavy atom. The lowest BCUT2D eigenvalue weighted by Crippen LogP contribution is -2.29. The summed E-state index contributed by atoms with van der Waals surface area (Å²) in [4.78, 5) is 20.0. The van der Waals surface area contributed by atoms with Gasteiger partial charge in [0.05, 0.1) is 29.7 Å². The monoisotopic (exact) mass is 500 g/mol. The van der Waals surface area contributed by atoms with Gasteiger partial charge in [-0.25, -0.2) is 9.37 Å². The maximum absolute atomic E-state index is 12.6. The molecule has 2 atom stereocenters. The average molecular weight is 501 g/mol. The molecule has 0 aliphatic heterocycles. The van der Waals surface area contributed by atoms with Gasteiger partial charge in [-0.1, -0.05) is 18.2 Å². The molecule has 4 aromatic rings. The van der Waals surface area contributed by atoms with E-state index in [0.717, 1.165) is 52.9 Å². The number of nitrogens with zero attached hydrogens (tertiary/aromatic N) is 2. The third-order valence-corrected chi connectivity index (χ3v) is 6.54. The smallest absolute Gasteiger partial charge is 0.150 e. The highest BCUT2D eigenvalue weighted by Crippen LogP contribution is 2.25. The van der Waals surface area contributed by atoms with Gasteiger partial charge in [0.15, 0.2) is 6.29 Å². The minimum Gasteiger partial charge on any atom is -0.494 e. The number of ether oxygens (including phenoxy) is 1. The molecule has 0 saturated heterocycles. The molecule has 1 aliphatic rings. The minimum atomic E-state index is -0.278. The molecule has 5 rings (SSSR count). The summed E-state index contributed by atoms with van der Waals surface area (Å²) >= 11 is 0. The second-order valence-corrected chi connectivity index (χ2v) is 9.03. The van der Waals surface area contributed by atoms with Crippen LogP contribution in [0, 0.1) is 5.82 Å². The van der Waals surface area contributed by atoms with Crippen molar-refractivity contribution in [3.63, 3.8) is 0 Å². The maximum Gasteiger partial charge on any atom is 0.150 e. The van der Waals surface area contributed by atoms with Crippen LogP contribution in [0.15, 0.2) is 72.9 Å². The topological polar surface area (TPSA) is 76.1 Å². The fourth-order valence-corrected chi connectivity index (χ4v) is 4.53. The van der Waals surface area contributed by atoms with E-state index in [1.54, 1.807) is 6.07 Å². The predicted molar refractivity (Wildman–Crippen MR) is 145 cm³/mol. The van der Waals surface area contributed by atoms with E-state index in [-0.39, 0.29) is 5.82 Å². The van der Waals surface area contributed by atoms with Crippen LogP contribution in [0.1, 0.15) is 42.2 Å². The van der Waals surface area contributed by atoms with Crippen LogP contribution in [0.2, 0.25) is 0 Å². The molecule has 0 bridgehead atoms. The number of rotatable bonds is 8. The molecule has 0 unspecified atom stereocenters. The van der Waals surface area contributed by atoms with Crippen LogP contribution in [0.5, 0.6) is 5.75 Å². The van der Waals surface area contributed by atoms with E-state index in [0.29, 0.717) is 24.3 Å². The predicted octanol–water partition coefficient (Wildman–Crippen LogP) is 5.56. The number of aromatic nitrogens is 2. The number of hydrogen-bond acceptors (Lipinski definition) is 6. The first-order chi connectivity index (χ1) is 18.1. The molecule has 2 aromatic carbocycles. The van der Waals surface area contributed by atoms with E-state index in [1.165, 1.54) is 25.1 Å². The molecule has 7 heteroatoms. The highest BCUT2D eigenvalue weighted by Gasteiger charge is 2.22. The van der Waals surface area contributed by atoms with E-state index < -0.39 is 0 Å². The minimum absolute atomic E-state index is 0.278. The lowest BCUT2D eigenvalue weighted by molar-refractivity contribution is 0.112. The Labute approximate surface area is 217 Å². The van der Waals surface area contributed by atoms with Gasteiger partial charge in [0.1, 0.15) is 11.6 Å². The van der Waals surface area contributed by atoms with Crippen molar-refractivity contribution in [3.05, 3.63) is 90.0 Å². The first kappa shape index (κ1) is 26.4. The van der Waals surface area contributed by atoms with Gasteiger partial charge in [0, 0.05) is 35.1 Å². The Hall–Kier alpha value is -3.68. The van der Waals surface area contributed by atoms with Crippen LogP contribution in [0.3, 0.4) is 0 Å². The van der Waals surface area contributed by atoms with Crippen molar-refractivity contribution in [1.29, 1.82) is 0 Å². The SMILES string of the molecule is CCOc1ccc(-c2cc(C=O)c3ccccc3n2)cc1.CN[C@@H]1CC[C@H](NCc2ccc(F)cn2)C1. The highest BCUT2D eigenvalue weighted by molar-refractivity contribution is 5.98. The number of hydrogen-bond donors (Lipinski definition) is 2. The molecule has 1 saturated carbocycles. The molecule has 6 nitrogen and oxygen atoms in total. The number of para-hydroxylation sites is 1. The second kappa shape index (κ2) is 13.0. The lowest BCUT2D eigenvalue weighted by Gasteiger charge is -2.12. The number of halogens is 1. The summed E-state index contributed by atoms with van der Waals surface area (Å²) in [5.74, 6) is 0.553. The Bertz CT molecular complexity index is 1300. The molecular weight excluding hydrogens is 467 g/mol. The molecule has 0 amide bonds. The molecule has 1 aliphatic carbocycles. The number of nitrogens with one attached hydrogen (secondary N) is 2. The van der Waals surface area contributed by atoms with E-state index in [9.17, 15) is 9.18 Å². The first-order valence-electron chi connectivity index (χ1n) is 12.7. The van der Waals surface area contributed by atoms with Gasteiger partial charge >= 0.3 is 0 Å². The Balaban J connectivity index is 0.000000180. The third-order valence-electron chi connectivity index (χ3n) is 6.54. The fourth-order valence-electron chi connectivity index (χ4n) is 4.53. The summed E-state index contributed by atoms with van der Waals surface area (Å²) in [6.07, 6.45) is 5.74. The summed E-state index contributed by atoms with van der Waals surface area (Å²) in [5.41, 5.74) is 4.14. The maximum atomic E-state index is 12.6. The van der Waals surface area contributed by atoms with E-state index >= 15 is 0 Å². The van der Waals surface area contributed by atoms with Crippen molar-refractivity contribution in [2.45, 2.75) is 44.8 Å². The van der Waals surface area contributed by atoms with Gasteiger partial charge in [-0.2, -0.15) is 0 Å². The number of carbonyl (C=O) groups excluding carboxylic acids is 1. The van der Waals surface area contributed by atoms with Crippen LogP contribution < -0.4 is 15.4 Å². The van der Waals surface area contributed by atoms with E-state index in [2.05, 4.69) is 20.6 Å². The van der Waals surface area contributed by atoms with Crippen LogP contribution in [-0.4, -0.2) is 42.0 Å². The molecule has 2 N–H and O–H groups in total. The standard InChI is InChI=1S/C18H15NO2.C12H18FN3/c1-2-21-15-9-7-13(8-10-15)18-11-14(12-20)16-5-3-4-6-17(16)19-18;1-14-10-4-5-11(6-10)16-8-12-3-2-9(13)7-15-12/h3-12H,2H2,1H3;2-3,7,10-11,14,16H,4-6,8H2,1H3/t;10-,11+/m.1/s1. The van der Waals surface area contributed by atoms with Gasteiger partial charge in [-0.15, -0.1) is 0 Å². The quantitative estimate of drug-likeness (QED) is 0.308. The van der Waals surface area contributed by atoms with Crippen molar-refractivity contribution in [2.24, 2.45) is 0 Å². The van der Waals surface area contributed by atoms with Crippen LogP contribution in [0.25, 0.3) is 22.2 Å². The summed E-state index contributed by atoms with van der Waals surface area (Å²) < 4.78 is 18.1. The van der Waals surface area contributed by atoms with Crippen molar-refractivity contribution in [3.8, 4) is 17.0 Å². The van der Waals surface area contributed by atoms with Crippen molar-refractivity contribution < 1.29 is 13.9 Å². The fraction of sp³-hybridized carbons (Fsp3) is 0.300. The number of carbonyl (C=O) groups is 1. The number of pyridine rings is 2. The van der Waals surface area contributed by atoms with Gasteiger partial charge in [-0.05, 0) is 81.8 Å². The summed E-state index contributed by atoms with van der Waals surface area (Å²) in [7, 11) is 2.01. The van der Waals surface area contributed by atoms with Gasteiger partial charge in [-0.3, -0.25) is 9.78 Å². The van der Waals surface area contributed by atoms with Gasteiger partial charge < -0.3 is 15.4 Å². The highest BCUT2D eigenvalue weighted by atomic mass is 19.1. The van der Waals surface area contributed by atoms with Crippen LogP contribution in [-0.2, 0) is 6.54 Å². The molecule has 0 spiro atoms. The van der Waals surface area contributed by atoms with Crippen molar-refractivity contribution >= 4 is 17.2 Å². The largest absolute Gasteiger partial charge is 0.494 e. The molecular formula is C30H33FN4O2. The second-order valence-electron chi connectivity index (χ2n) is 9.03. The number of fused-ring (bicyclic) bond motifs is 1. The number of benzene rings is 2. The van der Waals surface area contributed by atoms with E-state index in [4.69, 9.17) is 4.74 Å².